The quantitative estimate of drug-likeness (QED) is 0.669. The van der Waals surface area contributed by atoms with Gasteiger partial charge in [-0.2, -0.15) is 0 Å². The van der Waals surface area contributed by atoms with Crippen LogP contribution in [0.15, 0.2) is 22.6 Å². The molecule has 146 valence electrons. The summed E-state index contributed by atoms with van der Waals surface area (Å²) in [5, 5.41) is 0. The van der Waals surface area contributed by atoms with Gasteiger partial charge < -0.3 is 14.1 Å². The van der Waals surface area contributed by atoms with Crippen molar-refractivity contribution < 1.29 is 18.7 Å². The summed E-state index contributed by atoms with van der Waals surface area (Å²) >= 11 is 13.3. The molecule has 2 aromatic rings. The molecule has 1 saturated heterocycles. The Bertz CT molecular complexity index is 820. The van der Waals surface area contributed by atoms with Crippen LogP contribution in [0.5, 0.6) is 0 Å². The van der Waals surface area contributed by atoms with Crippen molar-refractivity contribution in [1.82, 2.24) is 9.80 Å². The topological polar surface area (TPSA) is 63.0 Å². The highest BCUT2D eigenvalue weighted by Gasteiger charge is 2.24. The number of esters is 1. The van der Waals surface area contributed by atoms with E-state index < -0.39 is 0 Å². The van der Waals surface area contributed by atoms with Crippen molar-refractivity contribution in [2.24, 2.45) is 0 Å². The lowest BCUT2D eigenvalue weighted by Crippen LogP contribution is -2.35. The molecule has 2 aromatic heterocycles. The predicted octanol–water partition coefficient (Wildman–Crippen LogP) is 4.06. The third-order valence-corrected chi connectivity index (χ3v) is 5.76. The fourth-order valence-corrected chi connectivity index (χ4v) is 4.41. The van der Waals surface area contributed by atoms with Crippen LogP contribution in [0.2, 0.25) is 8.67 Å². The molecule has 0 radical (unpaired) electrons. The van der Waals surface area contributed by atoms with Gasteiger partial charge in [0, 0.05) is 33.1 Å². The van der Waals surface area contributed by atoms with Gasteiger partial charge in [0.1, 0.15) is 22.5 Å². The number of amides is 1. The Hall–Kier alpha value is -1.54. The number of hydrogen-bond donors (Lipinski definition) is 0. The second-order valence-corrected chi connectivity index (χ2v) is 8.59. The molecule has 0 unspecified atom stereocenters. The van der Waals surface area contributed by atoms with Crippen LogP contribution in [0.1, 0.15) is 35.2 Å². The number of carbonyl (C=O) groups is 2. The Morgan fingerprint density at radius 2 is 1.96 bits per heavy atom. The van der Waals surface area contributed by atoms with Gasteiger partial charge in [0.05, 0.1) is 16.4 Å². The molecule has 0 N–H and O–H groups in total. The van der Waals surface area contributed by atoms with Crippen LogP contribution in [-0.2, 0) is 22.7 Å². The van der Waals surface area contributed by atoms with E-state index in [0.717, 1.165) is 25.3 Å². The smallest absolute Gasteiger partial charge is 0.303 e. The van der Waals surface area contributed by atoms with Gasteiger partial charge in [-0.05, 0) is 24.6 Å². The minimum atomic E-state index is -0.336. The molecular formula is C18H20Cl2N2O4S. The molecule has 9 heteroatoms. The van der Waals surface area contributed by atoms with Crippen LogP contribution in [0.4, 0.5) is 0 Å². The van der Waals surface area contributed by atoms with Gasteiger partial charge in [-0.25, -0.2) is 0 Å². The number of hydrogen-bond acceptors (Lipinski definition) is 6. The van der Waals surface area contributed by atoms with Crippen molar-refractivity contribution in [3.8, 4) is 0 Å². The van der Waals surface area contributed by atoms with E-state index in [1.54, 1.807) is 6.07 Å². The highest BCUT2D eigenvalue weighted by Crippen LogP contribution is 2.32. The predicted molar refractivity (Wildman–Crippen MR) is 104 cm³/mol. The van der Waals surface area contributed by atoms with Crippen molar-refractivity contribution >= 4 is 46.4 Å². The van der Waals surface area contributed by atoms with E-state index in [2.05, 4.69) is 4.90 Å². The Kier molecular flexibility index (Phi) is 6.81. The Labute approximate surface area is 171 Å². The maximum Gasteiger partial charge on any atom is 0.303 e. The Balaban J connectivity index is 1.55. The number of rotatable bonds is 5. The number of ether oxygens (including phenoxy) is 1. The average molecular weight is 431 g/mol. The van der Waals surface area contributed by atoms with Crippen molar-refractivity contribution in [1.29, 1.82) is 0 Å². The highest BCUT2D eigenvalue weighted by molar-refractivity contribution is 7.20. The second-order valence-electron chi connectivity index (χ2n) is 6.31. The van der Waals surface area contributed by atoms with E-state index in [9.17, 15) is 9.59 Å². The molecule has 0 aliphatic carbocycles. The lowest BCUT2D eigenvalue weighted by atomic mass is 10.3. The summed E-state index contributed by atoms with van der Waals surface area (Å²) in [5.74, 6) is 1.02. The van der Waals surface area contributed by atoms with Crippen LogP contribution < -0.4 is 0 Å². The number of nitrogens with zero attached hydrogens (tertiary/aromatic N) is 2. The number of halogens is 2. The van der Waals surface area contributed by atoms with E-state index in [4.69, 9.17) is 32.4 Å². The summed E-state index contributed by atoms with van der Waals surface area (Å²) in [6.45, 7) is 5.04. The van der Waals surface area contributed by atoms with E-state index in [-0.39, 0.29) is 18.5 Å². The fraction of sp³-hybridized carbons (Fsp3) is 0.444. The molecule has 1 aliphatic rings. The standard InChI is InChI=1S/C18H20Cl2N2O4S/c1-12(23)25-11-14-4-3-13(26-14)10-21-5-2-6-22(8-7-21)18(24)15-9-16(19)27-17(15)20/h3-4,9H,2,5-8,10-11H2,1H3. The molecule has 1 amide bonds. The molecule has 1 aliphatic heterocycles. The summed E-state index contributed by atoms with van der Waals surface area (Å²) in [7, 11) is 0. The average Bonchev–Trinajstić information content (AvgIpc) is 3.12. The summed E-state index contributed by atoms with van der Waals surface area (Å²) in [6, 6.07) is 5.33. The minimum absolute atomic E-state index is 0.0772. The maximum absolute atomic E-state index is 12.7. The largest absolute Gasteiger partial charge is 0.461 e. The highest BCUT2D eigenvalue weighted by atomic mass is 35.5. The maximum atomic E-state index is 12.7. The van der Waals surface area contributed by atoms with Crippen LogP contribution in [0, 0.1) is 0 Å². The number of carbonyl (C=O) groups excluding carboxylic acids is 2. The van der Waals surface area contributed by atoms with Gasteiger partial charge in [-0.1, -0.05) is 23.2 Å². The van der Waals surface area contributed by atoms with Crippen molar-refractivity contribution in [3.63, 3.8) is 0 Å². The van der Waals surface area contributed by atoms with Gasteiger partial charge >= 0.3 is 5.97 Å². The summed E-state index contributed by atoms with van der Waals surface area (Å²) < 4.78 is 11.6. The molecule has 0 aromatic carbocycles. The first kappa shape index (κ1) is 20.2. The SMILES string of the molecule is CC(=O)OCc1ccc(CN2CCCN(C(=O)c3cc(Cl)sc3Cl)CC2)o1. The van der Waals surface area contributed by atoms with Gasteiger partial charge in [-0.3, -0.25) is 14.5 Å². The zero-order valence-corrected chi connectivity index (χ0v) is 17.2. The first-order valence-corrected chi connectivity index (χ1v) is 10.2. The van der Waals surface area contributed by atoms with Gasteiger partial charge in [0.15, 0.2) is 0 Å². The van der Waals surface area contributed by atoms with Gasteiger partial charge in [0.25, 0.3) is 5.91 Å². The molecule has 0 bridgehead atoms. The molecular weight excluding hydrogens is 411 g/mol. The van der Waals surface area contributed by atoms with Crippen molar-refractivity contribution in [2.75, 3.05) is 26.2 Å². The fourth-order valence-electron chi connectivity index (χ4n) is 2.97. The lowest BCUT2D eigenvalue weighted by Gasteiger charge is -2.21. The summed E-state index contributed by atoms with van der Waals surface area (Å²) in [4.78, 5) is 27.6. The van der Waals surface area contributed by atoms with E-state index in [0.29, 0.717) is 39.6 Å². The minimum Gasteiger partial charge on any atom is -0.461 e. The summed E-state index contributed by atoms with van der Waals surface area (Å²) in [5.41, 5.74) is 0.473. The van der Waals surface area contributed by atoms with Crippen LogP contribution in [-0.4, -0.2) is 47.9 Å². The van der Waals surface area contributed by atoms with Crippen molar-refractivity contribution in [2.45, 2.75) is 26.5 Å². The van der Waals surface area contributed by atoms with E-state index in [1.807, 2.05) is 17.0 Å². The van der Waals surface area contributed by atoms with Crippen LogP contribution >= 0.6 is 34.5 Å². The molecule has 3 rings (SSSR count). The van der Waals surface area contributed by atoms with Gasteiger partial charge in [-0.15, -0.1) is 11.3 Å². The molecule has 27 heavy (non-hydrogen) atoms. The van der Waals surface area contributed by atoms with Gasteiger partial charge in [0.2, 0.25) is 0 Å². The molecule has 6 nitrogen and oxygen atoms in total. The van der Waals surface area contributed by atoms with Crippen molar-refractivity contribution in [3.05, 3.63) is 44.0 Å². The second kappa shape index (κ2) is 9.10. The van der Waals surface area contributed by atoms with E-state index >= 15 is 0 Å². The first-order chi connectivity index (χ1) is 12.9. The third kappa shape index (κ3) is 5.48. The number of furan rings is 1. The molecule has 0 saturated carbocycles. The molecule has 0 spiro atoms. The zero-order chi connectivity index (χ0) is 19.4. The Morgan fingerprint density at radius 1 is 1.19 bits per heavy atom. The number of thiophene rings is 1. The molecule has 3 heterocycles. The third-order valence-electron chi connectivity index (χ3n) is 4.28. The molecule has 0 atom stereocenters. The zero-order valence-electron chi connectivity index (χ0n) is 14.9. The monoisotopic (exact) mass is 430 g/mol. The first-order valence-electron chi connectivity index (χ1n) is 8.60. The normalized spacial score (nSPS) is 15.6. The van der Waals surface area contributed by atoms with E-state index in [1.165, 1.54) is 18.3 Å². The van der Waals surface area contributed by atoms with Crippen LogP contribution in [0.3, 0.4) is 0 Å². The molecule has 1 fully saturated rings. The van der Waals surface area contributed by atoms with Crippen LogP contribution in [0.25, 0.3) is 0 Å². The Morgan fingerprint density at radius 3 is 2.67 bits per heavy atom. The summed E-state index contributed by atoms with van der Waals surface area (Å²) in [6.07, 6.45) is 0.863. The lowest BCUT2D eigenvalue weighted by molar-refractivity contribution is -0.142.